The molecule has 0 aromatic carbocycles. The molecule has 17 heavy (non-hydrogen) atoms. The molecule has 0 radical (unpaired) electrons. The highest BCUT2D eigenvalue weighted by molar-refractivity contribution is 6.22. The van der Waals surface area contributed by atoms with E-state index in [4.69, 9.17) is 11.6 Å². The number of nitrogens with one attached hydrogen (secondary N) is 1. The smallest absolute Gasteiger partial charge is 0.224 e. The first kappa shape index (κ1) is 10.6. The number of likely N-dealkylation sites (tertiary alicyclic amines) is 1. The van der Waals surface area contributed by atoms with Gasteiger partial charge in [-0.3, -0.25) is 4.79 Å². The van der Waals surface area contributed by atoms with E-state index in [1.54, 1.807) is 11.1 Å². The molecule has 1 N–H and O–H groups in total. The third-order valence-electron chi connectivity index (χ3n) is 3.08. The maximum atomic E-state index is 11.7. The van der Waals surface area contributed by atoms with E-state index < -0.39 is 0 Å². The Morgan fingerprint density at radius 2 is 2.41 bits per heavy atom. The number of nitrogens with zero attached hydrogens (tertiary/aromatic N) is 2. The van der Waals surface area contributed by atoms with Crippen molar-refractivity contribution < 1.29 is 4.79 Å². The number of rotatable bonds is 2. The molecular formula is C12H12ClN3O. The first-order valence-electron chi connectivity index (χ1n) is 5.57. The lowest BCUT2D eigenvalue weighted by Gasteiger charge is -2.16. The topological polar surface area (TPSA) is 49.0 Å². The molecule has 1 aliphatic rings. The summed E-state index contributed by atoms with van der Waals surface area (Å²) >= 11 is 5.98. The molecule has 1 saturated heterocycles. The van der Waals surface area contributed by atoms with Gasteiger partial charge in [-0.05, 0) is 17.7 Å². The summed E-state index contributed by atoms with van der Waals surface area (Å²) in [5, 5.41) is 1.02. The summed E-state index contributed by atoms with van der Waals surface area (Å²) in [5.74, 6) is 0.130. The minimum absolute atomic E-state index is 0.0500. The normalized spacial score (nSPS) is 20.4. The molecule has 1 atom stereocenters. The third kappa shape index (κ3) is 1.89. The molecule has 0 bridgehead atoms. The SMILES string of the molecule is O=C1CC(Cl)CN1Cc1ccnc2[nH]ccc12. The predicted molar refractivity (Wildman–Crippen MR) is 65.8 cm³/mol. The molecule has 0 aliphatic carbocycles. The average molecular weight is 250 g/mol. The Balaban J connectivity index is 1.90. The molecule has 1 aliphatic heterocycles. The Bertz CT molecular complexity index is 566. The van der Waals surface area contributed by atoms with E-state index in [0.29, 0.717) is 19.5 Å². The fourth-order valence-electron chi connectivity index (χ4n) is 2.24. The number of pyridine rings is 1. The standard InChI is InChI=1S/C12H12ClN3O/c13-9-5-11(17)16(7-9)6-8-1-3-14-12-10(8)2-4-15-12/h1-4,9H,5-7H2,(H,14,15). The van der Waals surface area contributed by atoms with Crippen LogP contribution >= 0.6 is 11.6 Å². The zero-order chi connectivity index (χ0) is 11.8. The van der Waals surface area contributed by atoms with Gasteiger partial charge >= 0.3 is 0 Å². The van der Waals surface area contributed by atoms with Crippen molar-refractivity contribution in [1.82, 2.24) is 14.9 Å². The van der Waals surface area contributed by atoms with Gasteiger partial charge in [0.2, 0.25) is 5.91 Å². The Hall–Kier alpha value is -1.55. The number of hydrogen-bond acceptors (Lipinski definition) is 2. The first-order valence-corrected chi connectivity index (χ1v) is 6.00. The quantitative estimate of drug-likeness (QED) is 0.827. The van der Waals surface area contributed by atoms with Crippen LogP contribution in [0, 0.1) is 0 Å². The van der Waals surface area contributed by atoms with Crippen LogP contribution in [0.1, 0.15) is 12.0 Å². The summed E-state index contributed by atoms with van der Waals surface area (Å²) < 4.78 is 0. The molecule has 5 heteroatoms. The molecule has 2 aromatic heterocycles. The summed E-state index contributed by atoms with van der Waals surface area (Å²) in [6.07, 6.45) is 4.06. The largest absolute Gasteiger partial charge is 0.346 e. The minimum Gasteiger partial charge on any atom is -0.346 e. The van der Waals surface area contributed by atoms with E-state index in [1.165, 1.54) is 0 Å². The highest BCUT2D eigenvalue weighted by Crippen LogP contribution is 2.22. The Morgan fingerprint density at radius 1 is 1.53 bits per heavy atom. The van der Waals surface area contributed by atoms with Gasteiger partial charge in [0, 0.05) is 37.3 Å². The lowest BCUT2D eigenvalue weighted by Crippen LogP contribution is -2.24. The molecule has 4 nitrogen and oxygen atoms in total. The van der Waals surface area contributed by atoms with Crippen molar-refractivity contribution in [3.8, 4) is 0 Å². The number of carbonyl (C=O) groups is 1. The number of fused-ring (bicyclic) bond motifs is 1. The van der Waals surface area contributed by atoms with E-state index in [-0.39, 0.29) is 11.3 Å². The van der Waals surface area contributed by atoms with Gasteiger partial charge in [0.05, 0.1) is 5.38 Å². The van der Waals surface area contributed by atoms with E-state index in [1.807, 2.05) is 18.3 Å². The Labute approximate surface area is 104 Å². The molecule has 1 unspecified atom stereocenters. The van der Waals surface area contributed by atoms with Crippen LogP contribution in [0.5, 0.6) is 0 Å². The van der Waals surface area contributed by atoms with E-state index >= 15 is 0 Å². The highest BCUT2D eigenvalue weighted by Gasteiger charge is 2.28. The van der Waals surface area contributed by atoms with Gasteiger partial charge < -0.3 is 9.88 Å². The molecule has 3 rings (SSSR count). The van der Waals surface area contributed by atoms with Crippen molar-refractivity contribution >= 4 is 28.5 Å². The number of amides is 1. The number of aromatic amines is 1. The van der Waals surface area contributed by atoms with Crippen LogP contribution in [0.3, 0.4) is 0 Å². The summed E-state index contributed by atoms with van der Waals surface area (Å²) in [7, 11) is 0. The van der Waals surface area contributed by atoms with E-state index in [2.05, 4.69) is 9.97 Å². The van der Waals surface area contributed by atoms with Crippen molar-refractivity contribution in [2.75, 3.05) is 6.54 Å². The number of halogens is 1. The summed E-state index contributed by atoms with van der Waals surface area (Å²) in [4.78, 5) is 20.8. The number of hydrogen-bond donors (Lipinski definition) is 1. The van der Waals surface area contributed by atoms with Crippen LogP contribution < -0.4 is 0 Å². The van der Waals surface area contributed by atoms with Gasteiger partial charge in [-0.15, -0.1) is 11.6 Å². The van der Waals surface area contributed by atoms with Crippen LogP contribution in [0.25, 0.3) is 11.0 Å². The van der Waals surface area contributed by atoms with Crippen LogP contribution in [0.2, 0.25) is 0 Å². The number of alkyl halides is 1. The van der Waals surface area contributed by atoms with Crippen molar-refractivity contribution in [3.05, 3.63) is 30.1 Å². The maximum Gasteiger partial charge on any atom is 0.224 e. The van der Waals surface area contributed by atoms with Crippen molar-refractivity contribution in [3.63, 3.8) is 0 Å². The maximum absolute atomic E-state index is 11.7. The predicted octanol–water partition coefficient (Wildman–Crippen LogP) is 1.90. The second-order valence-corrected chi connectivity index (χ2v) is 4.90. The first-order chi connectivity index (χ1) is 8.24. The second kappa shape index (κ2) is 4.04. The van der Waals surface area contributed by atoms with Crippen molar-refractivity contribution in [2.24, 2.45) is 0 Å². The van der Waals surface area contributed by atoms with Gasteiger partial charge in [-0.1, -0.05) is 0 Å². The summed E-state index contributed by atoms with van der Waals surface area (Å²) in [6.45, 7) is 1.24. The highest BCUT2D eigenvalue weighted by atomic mass is 35.5. The van der Waals surface area contributed by atoms with Crippen LogP contribution in [-0.2, 0) is 11.3 Å². The third-order valence-corrected chi connectivity index (χ3v) is 3.37. The molecule has 1 amide bonds. The fraction of sp³-hybridized carbons (Fsp3) is 0.333. The van der Waals surface area contributed by atoms with Crippen molar-refractivity contribution in [2.45, 2.75) is 18.3 Å². The van der Waals surface area contributed by atoms with Crippen molar-refractivity contribution in [1.29, 1.82) is 0 Å². The van der Waals surface area contributed by atoms with Gasteiger partial charge in [0.15, 0.2) is 0 Å². The van der Waals surface area contributed by atoms with Gasteiger partial charge in [-0.25, -0.2) is 4.98 Å². The zero-order valence-corrected chi connectivity index (χ0v) is 9.94. The number of H-pyrrole nitrogens is 1. The Kier molecular flexibility index (Phi) is 2.52. The zero-order valence-electron chi connectivity index (χ0n) is 9.19. The van der Waals surface area contributed by atoms with Crippen LogP contribution in [0.15, 0.2) is 24.5 Å². The number of aromatic nitrogens is 2. The van der Waals surface area contributed by atoms with Crippen LogP contribution in [0.4, 0.5) is 0 Å². The molecule has 0 saturated carbocycles. The summed E-state index contributed by atoms with van der Waals surface area (Å²) in [5.41, 5.74) is 1.96. The van der Waals surface area contributed by atoms with Gasteiger partial charge in [-0.2, -0.15) is 0 Å². The molecule has 88 valence electrons. The van der Waals surface area contributed by atoms with E-state index in [9.17, 15) is 4.79 Å². The second-order valence-electron chi connectivity index (χ2n) is 4.29. The Morgan fingerprint density at radius 3 is 3.18 bits per heavy atom. The van der Waals surface area contributed by atoms with Crippen LogP contribution in [-0.4, -0.2) is 32.7 Å². The lowest BCUT2D eigenvalue weighted by atomic mass is 10.2. The van der Waals surface area contributed by atoms with Gasteiger partial charge in [0.25, 0.3) is 0 Å². The minimum atomic E-state index is -0.0500. The monoisotopic (exact) mass is 249 g/mol. The van der Waals surface area contributed by atoms with E-state index in [0.717, 1.165) is 16.6 Å². The molecular weight excluding hydrogens is 238 g/mol. The fourth-order valence-corrected chi connectivity index (χ4v) is 2.54. The lowest BCUT2D eigenvalue weighted by molar-refractivity contribution is -0.128. The van der Waals surface area contributed by atoms with Gasteiger partial charge in [0.1, 0.15) is 5.65 Å². The molecule has 1 fully saturated rings. The molecule has 2 aromatic rings. The number of carbonyl (C=O) groups excluding carboxylic acids is 1. The molecule has 3 heterocycles. The average Bonchev–Trinajstić information content (AvgIpc) is 2.87. The summed E-state index contributed by atoms with van der Waals surface area (Å²) in [6, 6.07) is 3.93. The molecule has 0 spiro atoms.